The van der Waals surface area contributed by atoms with E-state index in [0.717, 1.165) is 62.9 Å². The molecule has 8 nitrogen and oxygen atoms in total. The van der Waals surface area contributed by atoms with Gasteiger partial charge in [0.05, 0.1) is 18.1 Å². The Bertz CT molecular complexity index is 1480. The van der Waals surface area contributed by atoms with Gasteiger partial charge in [-0.1, -0.05) is 12.8 Å². The number of nitrogens with zero attached hydrogens (tertiary/aromatic N) is 4. The molecule has 11 heteroatoms. The second-order valence-electron chi connectivity index (χ2n) is 11.4. The van der Waals surface area contributed by atoms with Crippen molar-refractivity contribution in [3.05, 3.63) is 72.7 Å². The smallest absolute Gasteiger partial charge is 0.424 e. The molecule has 1 saturated heterocycles. The Labute approximate surface area is 242 Å². The number of aryl methyl sites for hydroxylation is 1. The van der Waals surface area contributed by atoms with E-state index in [1.807, 2.05) is 24.0 Å². The summed E-state index contributed by atoms with van der Waals surface area (Å²) >= 11 is 0. The SMILES string of the molecule is Cc1cnn(-c2ccc(N3CCC[C@H](C4(N)CCCCC4Nc4ncc(-c5ccc(OC(F)(F)F)cc5)o4)C3)cc2)c1. The molecule has 1 aliphatic carbocycles. The zero-order chi connectivity index (χ0) is 29.3. The van der Waals surface area contributed by atoms with E-state index < -0.39 is 11.9 Å². The molecule has 42 heavy (non-hydrogen) atoms. The van der Waals surface area contributed by atoms with E-state index >= 15 is 0 Å². The Morgan fingerprint density at radius 3 is 2.48 bits per heavy atom. The number of ether oxygens (including phenoxy) is 1. The van der Waals surface area contributed by atoms with Crippen molar-refractivity contribution in [1.29, 1.82) is 0 Å². The quantitative estimate of drug-likeness (QED) is 0.251. The summed E-state index contributed by atoms with van der Waals surface area (Å²) in [5, 5.41) is 7.89. The molecule has 0 bridgehead atoms. The summed E-state index contributed by atoms with van der Waals surface area (Å²) in [6.45, 7) is 3.89. The van der Waals surface area contributed by atoms with Crippen LogP contribution in [0.5, 0.6) is 5.75 Å². The second-order valence-corrected chi connectivity index (χ2v) is 11.4. The fraction of sp³-hybridized carbons (Fsp3) is 0.419. The van der Waals surface area contributed by atoms with Crippen LogP contribution in [-0.4, -0.2) is 45.8 Å². The summed E-state index contributed by atoms with van der Waals surface area (Å²) in [5.41, 5.74) is 10.8. The fourth-order valence-corrected chi connectivity index (χ4v) is 6.38. The number of aromatic nitrogens is 3. The van der Waals surface area contributed by atoms with Gasteiger partial charge >= 0.3 is 6.36 Å². The maximum Gasteiger partial charge on any atom is 0.573 e. The summed E-state index contributed by atoms with van der Waals surface area (Å²) in [5.74, 6) is 0.449. The van der Waals surface area contributed by atoms with Crippen LogP contribution < -0.4 is 20.7 Å². The highest BCUT2D eigenvalue weighted by atomic mass is 19.4. The van der Waals surface area contributed by atoms with E-state index in [1.165, 1.54) is 30.0 Å². The van der Waals surface area contributed by atoms with Crippen LogP contribution in [0.25, 0.3) is 17.0 Å². The summed E-state index contributed by atoms with van der Waals surface area (Å²) < 4.78 is 49.3. The molecule has 3 atom stereocenters. The predicted octanol–water partition coefficient (Wildman–Crippen LogP) is 6.70. The number of hydrogen-bond donors (Lipinski definition) is 2. The van der Waals surface area contributed by atoms with Gasteiger partial charge in [0.1, 0.15) is 5.75 Å². The maximum atomic E-state index is 12.5. The Kier molecular flexibility index (Phi) is 7.61. The first-order chi connectivity index (χ1) is 20.2. The highest BCUT2D eigenvalue weighted by Gasteiger charge is 2.45. The molecule has 0 spiro atoms. The van der Waals surface area contributed by atoms with Gasteiger partial charge in [-0.15, -0.1) is 13.2 Å². The van der Waals surface area contributed by atoms with Gasteiger partial charge < -0.3 is 25.1 Å². The Balaban J connectivity index is 1.13. The van der Waals surface area contributed by atoms with E-state index in [0.29, 0.717) is 17.3 Å². The van der Waals surface area contributed by atoms with Gasteiger partial charge in [-0.05, 0) is 92.6 Å². The second kappa shape index (κ2) is 11.4. The van der Waals surface area contributed by atoms with Crippen LogP contribution in [0.3, 0.4) is 0 Å². The number of hydrogen-bond acceptors (Lipinski definition) is 7. The monoisotopic (exact) mass is 580 g/mol. The maximum absolute atomic E-state index is 12.5. The van der Waals surface area contributed by atoms with E-state index in [4.69, 9.17) is 10.2 Å². The van der Waals surface area contributed by atoms with Crippen molar-refractivity contribution in [1.82, 2.24) is 14.8 Å². The first-order valence-electron chi connectivity index (χ1n) is 14.4. The molecule has 2 aromatic carbocycles. The topological polar surface area (TPSA) is 94.4 Å². The molecule has 222 valence electrons. The number of benzene rings is 2. The zero-order valence-corrected chi connectivity index (χ0v) is 23.5. The molecule has 4 aromatic rings. The van der Waals surface area contributed by atoms with E-state index in [-0.39, 0.29) is 17.7 Å². The lowest BCUT2D eigenvalue weighted by molar-refractivity contribution is -0.274. The van der Waals surface area contributed by atoms with Crippen molar-refractivity contribution in [3.8, 4) is 22.8 Å². The molecular weight excluding hydrogens is 545 g/mol. The number of nitrogens with one attached hydrogen (secondary N) is 1. The summed E-state index contributed by atoms with van der Waals surface area (Å²) in [7, 11) is 0. The van der Waals surface area contributed by atoms with Gasteiger partial charge in [0.25, 0.3) is 6.01 Å². The Morgan fingerprint density at radius 1 is 1.00 bits per heavy atom. The van der Waals surface area contributed by atoms with Gasteiger partial charge in [-0.25, -0.2) is 9.67 Å². The van der Waals surface area contributed by atoms with Crippen LogP contribution in [0, 0.1) is 12.8 Å². The molecule has 6 rings (SSSR count). The van der Waals surface area contributed by atoms with Gasteiger partial charge in [-0.2, -0.15) is 5.10 Å². The molecule has 2 aromatic heterocycles. The Hall–Kier alpha value is -3.99. The average Bonchev–Trinajstić information content (AvgIpc) is 3.63. The van der Waals surface area contributed by atoms with Crippen molar-refractivity contribution in [2.45, 2.75) is 63.4 Å². The summed E-state index contributed by atoms with van der Waals surface area (Å²) in [6, 6.07) is 14.4. The van der Waals surface area contributed by atoms with Crippen LogP contribution in [-0.2, 0) is 0 Å². The van der Waals surface area contributed by atoms with Crippen LogP contribution in [0.2, 0.25) is 0 Å². The van der Waals surface area contributed by atoms with Crippen molar-refractivity contribution in [2.24, 2.45) is 11.7 Å². The normalized spacial score (nSPS) is 23.1. The molecule has 1 aliphatic heterocycles. The first-order valence-corrected chi connectivity index (χ1v) is 14.4. The third-order valence-electron chi connectivity index (χ3n) is 8.55. The van der Waals surface area contributed by atoms with E-state index in [9.17, 15) is 13.2 Å². The van der Waals surface area contributed by atoms with Crippen LogP contribution in [0.1, 0.15) is 44.1 Å². The zero-order valence-electron chi connectivity index (χ0n) is 23.5. The molecule has 0 radical (unpaired) electrons. The van der Waals surface area contributed by atoms with E-state index in [2.05, 4.69) is 49.3 Å². The van der Waals surface area contributed by atoms with Crippen molar-refractivity contribution >= 4 is 11.7 Å². The molecule has 0 amide bonds. The van der Waals surface area contributed by atoms with Gasteiger partial charge in [0.2, 0.25) is 0 Å². The minimum atomic E-state index is -4.74. The van der Waals surface area contributed by atoms with Gasteiger partial charge in [-0.3, -0.25) is 0 Å². The first kappa shape index (κ1) is 28.1. The summed E-state index contributed by atoms with van der Waals surface area (Å²) in [6.07, 6.45) is 6.78. The molecule has 2 fully saturated rings. The molecular formula is C31H35F3N6O2. The highest BCUT2D eigenvalue weighted by Crippen LogP contribution is 2.40. The lowest BCUT2D eigenvalue weighted by Crippen LogP contribution is -2.63. The van der Waals surface area contributed by atoms with Crippen LogP contribution in [0.15, 0.2) is 71.5 Å². The molecule has 3 N–H and O–H groups in total. The molecule has 2 aliphatic rings. The van der Waals surface area contributed by atoms with Crippen LogP contribution >= 0.6 is 0 Å². The fourth-order valence-electron chi connectivity index (χ4n) is 6.38. The van der Waals surface area contributed by atoms with Crippen molar-refractivity contribution in [2.75, 3.05) is 23.3 Å². The molecule has 2 unspecified atom stereocenters. The number of alkyl halides is 3. The predicted molar refractivity (Wildman–Crippen MR) is 155 cm³/mol. The van der Waals surface area contributed by atoms with Gasteiger partial charge in [0.15, 0.2) is 5.76 Å². The number of nitrogens with two attached hydrogens (primary N) is 1. The largest absolute Gasteiger partial charge is 0.573 e. The lowest BCUT2D eigenvalue weighted by atomic mass is 9.67. The van der Waals surface area contributed by atoms with Crippen LogP contribution in [0.4, 0.5) is 24.9 Å². The lowest BCUT2D eigenvalue weighted by Gasteiger charge is -2.50. The Morgan fingerprint density at radius 2 is 1.76 bits per heavy atom. The standard InChI is InChI=1S/C31H35F3N6O2/c1-21-17-37-40(19-21)25-11-9-24(10-12-25)39-16-4-5-23(20-39)30(35)15-3-2-6-28(30)38-29-36-18-27(41-29)22-7-13-26(14-8-22)42-31(32,33)34/h7-14,17-19,23,28H,2-6,15-16,20,35H2,1H3,(H,36,38)/t23-,28?,30?/m0/s1. The average molecular weight is 581 g/mol. The van der Waals surface area contributed by atoms with Crippen molar-refractivity contribution in [3.63, 3.8) is 0 Å². The number of anilines is 2. The van der Waals surface area contributed by atoms with Gasteiger partial charge in [0, 0.05) is 42.1 Å². The minimum Gasteiger partial charge on any atom is -0.424 e. The molecule has 3 heterocycles. The van der Waals surface area contributed by atoms with Crippen molar-refractivity contribution < 1.29 is 22.3 Å². The number of oxazole rings is 1. The minimum absolute atomic E-state index is 0.0179. The number of halogens is 3. The third-order valence-corrected chi connectivity index (χ3v) is 8.55. The number of piperidine rings is 1. The molecule has 1 saturated carbocycles. The highest BCUT2D eigenvalue weighted by molar-refractivity contribution is 5.59. The number of rotatable bonds is 7. The summed E-state index contributed by atoms with van der Waals surface area (Å²) in [4.78, 5) is 6.85. The van der Waals surface area contributed by atoms with E-state index in [1.54, 1.807) is 6.20 Å². The third kappa shape index (κ3) is 6.11.